The van der Waals surface area contributed by atoms with Crippen molar-refractivity contribution < 1.29 is 19.4 Å². The average molecular weight is 264 g/mol. The van der Waals surface area contributed by atoms with Crippen molar-refractivity contribution in [2.75, 3.05) is 0 Å². The number of carbonyl (C=O) groups is 1. The molecule has 0 spiro atoms. The van der Waals surface area contributed by atoms with Crippen molar-refractivity contribution >= 4 is 5.97 Å². The van der Waals surface area contributed by atoms with Crippen molar-refractivity contribution in [1.82, 2.24) is 0 Å². The van der Waals surface area contributed by atoms with Gasteiger partial charge in [0, 0.05) is 11.5 Å². The average Bonchev–Trinajstić information content (AvgIpc) is 2.83. The quantitative estimate of drug-likeness (QED) is 0.408. The van der Waals surface area contributed by atoms with Crippen molar-refractivity contribution in [3.63, 3.8) is 0 Å². The maximum atomic E-state index is 11.7. The van der Waals surface area contributed by atoms with Gasteiger partial charge in [0.05, 0.1) is 11.2 Å². The van der Waals surface area contributed by atoms with Crippen LogP contribution in [-0.2, 0) is 14.3 Å². The van der Waals surface area contributed by atoms with E-state index in [9.17, 15) is 9.90 Å². The number of aliphatic hydroxyl groups is 1. The Morgan fingerprint density at radius 2 is 2.11 bits per heavy atom. The fraction of sp³-hybridized carbons (Fsp3) is 0.800. The molecular weight excluding hydrogens is 244 g/mol. The number of hydrogen-bond acceptors (Lipinski definition) is 4. The Morgan fingerprint density at radius 1 is 1.37 bits per heavy atom. The van der Waals surface area contributed by atoms with Crippen LogP contribution in [0.3, 0.4) is 0 Å². The molecule has 0 bridgehead atoms. The Kier molecular flexibility index (Phi) is 2.03. The Morgan fingerprint density at radius 3 is 2.84 bits per heavy atom. The summed E-state index contributed by atoms with van der Waals surface area (Å²) in [5, 5.41) is 10.6. The van der Waals surface area contributed by atoms with Gasteiger partial charge in [0.15, 0.2) is 0 Å². The molecule has 4 nitrogen and oxygen atoms in total. The Bertz CT molecular complexity index is 483. The van der Waals surface area contributed by atoms with E-state index in [2.05, 4.69) is 13.5 Å². The molecule has 104 valence electrons. The van der Waals surface area contributed by atoms with Crippen LogP contribution in [-0.4, -0.2) is 34.5 Å². The van der Waals surface area contributed by atoms with Gasteiger partial charge < -0.3 is 14.6 Å². The third-order valence-corrected chi connectivity index (χ3v) is 6.03. The maximum absolute atomic E-state index is 11.7. The van der Waals surface area contributed by atoms with E-state index >= 15 is 0 Å². The summed E-state index contributed by atoms with van der Waals surface area (Å²) in [5.74, 6) is 0.260. The zero-order chi connectivity index (χ0) is 13.6. The van der Waals surface area contributed by atoms with Gasteiger partial charge in [-0.2, -0.15) is 0 Å². The van der Waals surface area contributed by atoms with Crippen LogP contribution in [0.25, 0.3) is 0 Å². The molecule has 4 aliphatic rings. The molecule has 19 heavy (non-hydrogen) atoms. The second-order valence-corrected chi connectivity index (χ2v) is 7.07. The van der Waals surface area contributed by atoms with Gasteiger partial charge in [-0.05, 0) is 44.9 Å². The van der Waals surface area contributed by atoms with Crippen LogP contribution in [0.5, 0.6) is 0 Å². The molecule has 2 saturated heterocycles. The predicted molar refractivity (Wildman–Crippen MR) is 67.2 cm³/mol. The van der Waals surface area contributed by atoms with Crippen LogP contribution in [0.15, 0.2) is 12.2 Å². The number of esters is 1. The zero-order valence-electron chi connectivity index (χ0n) is 11.4. The number of carbonyl (C=O) groups excluding carboxylic acids is 1. The molecule has 0 aromatic rings. The van der Waals surface area contributed by atoms with Gasteiger partial charge in [0.25, 0.3) is 0 Å². The lowest BCUT2D eigenvalue weighted by atomic mass is 9.77. The smallest absolute Gasteiger partial charge is 0.334 e. The minimum atomic E-state index is -0.662. The van der Waals surface area contributed by atoms with Crippen LogP contribution in [0.1, 0.15) is 33.1 Å². The van der Waals surface area contributed by atoms with Gasteiger partial charge in [-0.1, -0.05) is 6.58 Å². The topological polar surface area (TPSA) is 59.1 Å². The lowest BCUT2D eigenvalue weighted by Gasteiger charge is -2.31. The second kappa shape index (κ2) is 3.23. The van der Waals surface area contributed by atoms with E-state index in [0.29, 0.717) is 11.5 Å². The molecule has 2 saturated carbocycles. The van der Waals surface area contributed by atoms with Gasteiger partial charge in [-0.25, -0.2) is 4.79 Å². The van der Waals surface area contributed by atoms with Crippen LogP contribution in [0.4, 0.5) is 0 Å². The summed E-state index contributed by atoms with van der Waals surface area (Å²) in [6.07, 6.45) is 2.40. The molecule has 0 radical (unpaired) electrons. The molecule has 0 amide bonds. The molecule has 0 unspecified atom stereocenters. The normalized spacial score (nSPS) is 59.0. The Labute approximate surface area is 112 Å². The molecule has 7 atom stereocenters. The van der Waals surface area contributed by atoms with E-state index < -0.39 is 5.60 Å². The first-order valence-electron chi connectivity index (χ1n) is 7.14. The van der Waals surface area contributed by atoms with Gasteiger partial charge in [0.1, 0.15) is 12.2 Å². The molecule has 4 rings (SSSR count). The van der Waals surface area contributed by atoms with Gasteiger partial charge in [0.2, 0.25) is 0 Å². The summed E-state index contributed by atoms with van der Waals surface area (Å²) >= 11 is 0. The summed E-state index contributed by atoms with van der Waals surface area (Å²) in [5.41, 5.74) is -0.327. The van der Waals surface area contributed by atoms with Crippen LogP contribution in [0.2, 0.25) is 0 Å². The van der Waals surface area contributed by atoms with E-state index in [1.807, 2.05) is 6.92 Å². The molecule has 0 aromatic heterocycles. The predicted octanol–water partition coefficient (Wildman–Crippen LogP) is 1.42. The maximum Gasteiger partial charge on any atom is 0.334 e. The highest BCUT2D eigenvalue weighted by Gasteiger charge is 2.71. The summed E-state index contributed by atoms with van der Waals surface area (Å²) in [6, 6.07) is 0. The minimum Gasteiger partial charge on any atom is -0.455 e. The number of rotatable bonds is 0. The number of hydrogen-bond donors (Lipinski definition) is 1. The van der Waals surface area contributed by atoms with Gasteiger partial charge >= 0.3 is 5.97 Å². The van der Waals surface area contributed by atoms with Crippen molar-refractivity contribution in [2.24, 2.45) is 17.8 Å². The molecule has 2 aliphatic carbocycles. The lowest BCUT2D eigenvalue weighted by Crippen LogP contribution is -2.36. The van der Waals surface area contributed by atoms with E-state index in [4.69, 9.17) is 9.47 Å². The van der Waals surface area contributed by atoms with Crippen LogP contribution < -0.4 is 0 Å². The molecule has 2 heterocycles. The molecule has 2 aliphatic heterocycles. The van der Waals surface area contributed by atoms with Gasteiger partial charge in [-0.15, -0.1) is 0 Å². The zero-order valence-corrected chi connectivity index (χ0v) is 11.4. The van der Waals surface area contributed by atoms with Crippen LogP contribution in [0, 0.1) is 17.8 Å². The van der Waals surface area contributed by atoms with Gasteiger partial charge in [-0.3, -0.25) is 0 Å². The molecule has 4 fully saturated rings. The molecular formula is C15H20O4. The summed E-state index contributed by atoms with van der Waals surface area (Å²) < 4.78 is 11.4. The highest BCUT2D eigenvalue weighted by atomic mass is 16.6. The second-order valence-electron chi connectivity index (χ2n) is 7.07. The first kappa shape index (κ1) is 11.9. The Hall–Kier alpha value is -0.870. The first-order chi connectivity index (χ1) is 8.84. The van der Waals surface area contributed by atoms with E-state index in [0.717, 1.165) is 19.3 Å². The largest absolute Gasteiger partial charge is 0.455 e. The van der Waals surface area contributed by atoms with E-state index in [1.165, 1.54) is 0 Å². The fourth-order valence-corrected chi connectivity index (χ4v) is 4.76. The first-order valence-corrected chi connectivity index (χ1v) is 7.14. The fourth-order valence-electron chi connectivity index (χ4n) is 4.76. The third kappa shape index (κ3) is 1.34. The SMILES string of the molecule is C=C1C(=O)O[C@@H]2[C@@H]1C[C@@H]1[C@H](CC[C@@]1(C)O)[C@@]1(C)O[C@@H]21. The summed E-state index contributed by atoms with van der Waals surface area (Å²) in [4.78, 5) is 11.7. The highest BCUT2D eigenvalue weighted by molar-refractivity contribution is 5.91. The number of ether oxygens (including phenoxy) is 2. The highest BCUT2D eigenvalue weighted by Crippen LogP contribution is 2.62. The molecule has 0 aromatic carbocycles. The minimum absolute atomic E-state index is 0.00963. The monoisotopic (exact) mass is 264 g/mol. The molecule has 4 heteroatoms. The number of epoxide rings is 1. The van der Waals surface area contributed by atoms with Crippen LogP contribution >= 0.6 is 0 Å². The van der Waals surface area contributed by atoms with E-state index in [-0.39, 0.29) is 35.6 Å². The standard InChI is InChI=1S/C15H20O4/c1-7-8-6-10-9(4-5-14(10,2)17)15(3)12(19-15)11(8)18-13(7)16/h8-12,17H,1,4-6H2,2-3H3/t8-,9+,10-,11-,12+,14-,15-/m1/s1. The third-order valence-electron chi connectivity index (χ3n) is 6.03. The van der Waals surface area contributed by atoms with Crippen molar-refractivity contribution in [3.05, 3.63) is 12.2 Å². The van der Waals surface area contributed by atoms with Crippen molar-refractivity contribution in [1.29, 1.82) is 0 Å². The Balaban J connectivity index is 1.76. The number of fused-ring (bicyclic) bond motifs is 5. The van der Waals surface area contributed by atoms with Crippen molar-refractivity contribution in [2.45, 2.75) is 56.5 Å². The van der Waals surface area contributed by atoms with Crippen molar-refractivity contribution in [3.8, 4) is 0 Å². The molecule has 1 N–H and O–H groups in total. The van der Waals surface area contributed by atoms with E-state index in [1.54, 1.807) is 0 Å². The summed E-state index contributed by atoms with van der Waals surface area (Å²) in [7, 11) is 0. The lowest BCUT2D eigenvalue weighted by molar-refractivity contribution is -0.140. The summed E-state index contributed by atoms with van der Waals surface area (Å²) in [6.45, 7) is 7.91.